The summed E-state index contributed by atoms with van der Waals surface area (Å²) in [6.45, 7) is 0. The molecule has 1 aromatic heterocycles. The Labute approximate surface area is 141 Å². The average Bonchev–Trinajstić information content (AvgIpc) is 2.96. The summed E-state index contributed by atoms with van der Waals surface area (Å²) in [7, 11) is -2.23. The van der Waals surface area contributed by atoms with Gasteiger partial charge in [-0.3, -0.25) is 10.1 Å². The lowest BCUT2D eigenvalue weighted by atomic mass is 10.2. The maximum absolute atomic E-state index is 13.6. The molecule has 0 radical (unpaired) electrons. The van der Waals surface area contributed by atoms with Gasteiger partial charge in [-0.25, -0.2) is 22.5 Å². The molecule has 0 aliphatic rings. The number of nitrogens with one attached hydrogen (secondary N) is 2. The second kappa shape index (κ2) is 6.27. The first kappa shape index (κ1) is 16.5. The molecular weight excluding hydrogens is 353 g/mol. The van der Waals surface area contributed by atoms with Crippen molar-refractivity contribution in [1.82, 2.24) is 9.71 Å². The summed E-state index contributed by atoms with van der Waals surface area (Å²) in [5, 5.41) is 2.79. The number of hydrogen-bond acceptors (Lipinski definition) is 5. The number of thiazole rings is 1. The zero-order valence-corrected chi connectivity index (χ0v) is 14.0. The number of amides is 1. The number of carbonyl (C=O) groups excluding carboxylic acids is 1. The standard InChI is InChI=1S/C15H12FN3O3S2/c1-17-24(21,22)9-6-7-12-13(8-9)23-15(18-12)19-14(20)10-4-2-3-5-11(10)16/h2-8,17H,1H3,(H,18,19,20). The Kier molecular flexibility index (Phi) is 4.31. The van der Waals surface area contributed by atoms with Crippen LogP contribution in [0.2, 0.25) is 0 Å². The number of aromatic nitrogens is 1. The van der Waals surface area contributed by atoms with Crippen molar-refractivity contribution in [2.45, 2.75) is 4.90 Å². The van der Waals surface area contributed by atoms with Gasteiger partial charge in [0.05, 0.1) is 20.7 Å². The number of benzene rings is 2. The molecule has 0 fully saturated rings. The highest BCUT2D eigenvalue weighted by Crippen LogP contribution is 2.28. The smallest absolute Gasteiger partial charge is 0.260 e. The summed E-state index contributed by atoms with van der Waals surface area (Å²) in [6.07, 6.45) is 0. The van der Waals surface area contributed by atoms with E-state index in [1.54, 1.807) is 12.1 Å². The Hall–Kier alpha value is -2.36. The van der Waals surface area contributed by atoms with E-state index in [2.05, 4.69) is 15.0 Å². The number of nitrogens with zero attached hydrogens (tertiary/aromatic N) is 1. The van der Waals surface area contributed by atoms with Gasteiger partial charge in [-0.15, -0.1) is 0 Å². The molecular formula is C15H12FN3O3S2. The maximum Gasteiger partial charge on any atom is 0.260 e. The molecule has 0 bridgehead atoms. The van der Waals surface area contributed by atoms with Crippen LogP contribution < -0.4 is 10.0 Å². The quantitative estimate of drug-likeness (QED) is 0.744. The third-order valence-corrected chi connectivity index (χ3v) is 5.62. The molecule has 0 unspecified atom stereocenters. The molecule has 3 aromatic rings. The van der Waals surface area contributed by atoms with Crippen molar-refractivity contribution in [3.8, 4) is 0 Å². The molecule has 9 heteroatoms. The van der Waals surface area contributed by atoms with Crippen LogP contribution in [0.25, 0.3) is 10.2 Å². The normalized spacial score (nSPS) is 11.6. The van der Waals surface area contributed by atoms with E-state index in [0.717, 1.165) is 11.3 Å². The molecule has 2 aromatic carbocycles. The molecule has 0 atom stereocenters. The number of hydrogen-bond donors (Lipinski definition) is 2. The highest BCUT2D eigenvalue weighted by Gasteiger charge is 2.16. The Morgan fingerprint density at radius 3 is 2.67 bits per heavy atom. The Morgan fingerprint density at radius 2 is 1.96 bits per heavy atom. The molecule has 0 spiro atoms. The van der Waals surface area contributed by atoms with Gasteiger partial charge in [0.1, 0.15) is 5.82 Å². The lowest BCUT2D eigenvalue weighted by molar-refractivity contribution is 0.102. The van der Waals surface area contributed by atoms with Gasteiger partial charge in [-0.2, -0.15) is 0 Å². The fourth-order valence-corrected chi connectivity index (χ4v) is 3.78. The molecule has 3 rings (SSSR count). The minimum Gasteiger partial charge on any atom is -0.298 e. The SMILES string of the molecule is CNS(=O)(=O)c1ccc2nc(NC(=O)c3ccccc3F)sc2c1. The zero-order chi connectivity index (χ0) is 17.3. The van der Waals surface area contributed by atoms with Crippen LogP contribution in [-0.4, -0.2) is 26.4 Å². The van der Waals surface area contributed by atoms with Crippen LogP contribution in [0.3, 0.4) is 0 Å². The van der Waals surface area contributed by atoms with E-state index in [-0.39, 0.29) is 15.6 Å². The minimum atomic E-state index is -3.56. The van der Waals surface area contributed by atoms with Crippen LogP contribution in [0.5, 0.6) is 0 Å². The predicted molar refractivity (Wildman–Crippen MR) is 90.2 cm³/mol. The molecule has 0 saturated carbocycles. The van der Waals surface area contributed by atoms with Crippen LogP contribution in [0, 0.1) is 5.82 Å². The number of anilines is 1. The van der Waals surface area contributed by atoms with Crippen molar-refractivity contribution in [3.63, 3.8) is 0 Å². The lowest BCUT2D eigenvalue weighted by Crippen LogP contribution is -2.18. The van der Waals surface area contributed by atoms with Crippen molar-refractivity contribution < 1.29 is 17.6 Å². The highest BCUT2D eigenvalue weighted by molar-refractivity contribution is 7.89. The van der Waals surface area contributed by atoms with Gasteiger partial charge < -0.3 is 0 Å². The summed E-state index contributed by atoms with van der Waals surface area (Å²) >= 11 is 1.11. The largest absolute Gasteiger partial charge is 0.298 e. The predicted octanol–water partition coefficient (Wildman–Crippen LogP) is 2.60. The minimum absolute atomic E-state index is 0.0878. The topological polar surface area (TPSA) is 88.2 Å². The molecule has 2 N–H and O–H groups in total. The van der Waals surface area contributed by atoms with Gasteiger partial charge in [0, 0.05) is 0 Å². The number of carbonyl (C=O) groups is 1. The van der Waals surface area contributed by atoms with Crippen LogP contribution in [0.15, 0.2) is 47.4 Å². The van der Waals surface area contributed by atoms with Gasteiger partial charge in [0.15, 0.2) is 5.13 Å². The van der Waals surface area contributed by atoms with Crippen molar-refractivity contribution in [1.29, 1.82) is 0 Å². The summed E-state index contributed by atoms with van der Waals surface area (Å²) < 4.78 is 40.1. The molecule has 0 saturated heterocycles. The fraction of sp³-hybridized carbons (Fsp3) is 0.0667. The summed E-state index contributed by atoms with van der Waals surface area (Å²) in [5.74, 6) is -1.24. The third kappa shape index (κ3) is 3.14. The molecule has 6 nitrogen and oxygen atoms in total. The van der Waals surface area contributed by atoms with Crippen LogP contribution >= 0.6 is 11.3 Å². The Balaban J connectivity index is 1.91. The molecule has 1 amide bonds. The van der Waals surface area contributed by atoms with Crippen LogP contribution in [0.4, 0.5) is 9.52 Å². The van der Waals surface area contributed by atoms with Gasteiger partial charge in [0.2, 0.25) is 10.0 Å². The van der Waals surface area contributed by atoms with Crippen molar-refractivity contribution >= 4 is 42.6 Å². The highest BCUT2D eigenvalue weighted by atomic mass is 32.2. The zero-order valence-electron chi connectivity index (χ0n) is 12.4. The second-order valence-corrected chi connectivity index (χ2v) is 7.71. The van der Waals surface area contributed by atoms with E-state index < -0.39 is 21.7 Å². The van der Waals surface area contributed by atoms with E-state index in [9.17, 15) is 17.6 Å². The van der Waals surface area contributed by atoms with Crippen molar-refractivity contribution in [2.75, 3.05) is 12.4 Å². The maximum atomic E-state index is 13.6. The number of fused-ring (bicyclic) bond motifs is 1. The summed E-state index contributed by atoms with van der Waals surface area (Å²) in [4.78, 5) is 16.4. The second-order valence-electron chi connectivity index (χ2n) is 4.79. The van der Waals surface area contributed by atoms with Gasteiger partial charge in [-0.05, 0) is 37.4 Å². The Morgan fingerprint density at radius 1 is 1.21 bits per heavy atom. The first-order valence-corrected chi connectivity index (χ1v) is 9.11. The molecule has 0 aliphatic carbocycles. The third-order valence-electron chi connectivity index (χ3n) is 3.28. The fourth-order valence-electron chi connectivity index (χ4n) is 2.05. The summed E-state index contributed by atoms with van der Waals surface area (Å²) in [6, 6.07) is 10.1. The first-order chi connectivity index (χ1) is 11.4. The Bertz CT molecular complexity index is 1030. The van der Waals surface area contributed by atoms with E-state index in [0.29, 0.717) is 10.2 Å². The molecule has 0 aliphatic heterocycles. The monoisotopic (exact) mass is 365 g/mol. The van der Waals surface area contributed by atoms with E-state index in [4.69, 9.17) is 0 Å². The first-order valence-electron chi connectivity index (χ1n) is 6.81. The van der Waals surface area contributed by atoms with Crippen LogP contribution in [-0.2, 0) is 10.0 Å². The van der Waals surface area contributed by atoms with Crippen molar-refractivity contribution in [3.05, 3.63) is 53.8 Å². The number of halogens is 1. The van der Waals surface area contributed by atoms with Crippen molar-refractivity contribution in [2.24, 2.45) is 0 Å². The van der Waals surface area contributed by atoms with E-state index in [1.807, 2.05) is 0 Å². The lowest BCUT2D eigenvalue weighted by Gasteiger charge is -2.02. The van der Waals surface area contributed by atoms with E-state index >= 15 is 0 Å². The molecule has 24 heavy (non-hydrogen) atoms. The summed E-state index contributed by atoms with van der Waals surface area (Å²) in [5.41, 5.74) is 0.453. The van der Waals surface area contributed by atoms with Gasteiger partial charge >= 0.3 is 0 Å². The number of rotatable bonds is 4. The molecule has 124 valence electrons. The number of sulfonamides is 1. The molecule has 1 heterocycles. The van der Waals surface area contributed by atoms with E-state index in [1.165, 1.54) is 37.4 Å². The average molecular weight is 365 g/mol. The van der Waals surface area contributed by atoms with Gasteiger partial charge in [0.25, 0.3) is 5.91 Å². The van der Waals surface area contributed by atoms with Gasteiger partial charge in [-0.1, -0.05) is 23.5 Å². The van der Waals surface area contributed by atoms with Crippen LogP contribution in [0.1, 0.15) is 10.4 Å².